The third kappa shape index (κ3) is 1.85. The summed E-state index contributed by atoms with van der Waals surface area (Å²) in [6, 6.07) is 3.96. The highest BCUT2D eigenvalue weighted by Gasteiger charge is 1.99. The summed E-state index contributed by atoms with van der Waals surface area (Å²) >= 11 is 0. The molecule has 0 saturated heterocycles. The fourth-order valence-corrected chi connectivity index (χ4v) is 0.875. The number of phenolic OH excluding ortho intramolecular Hbond substituents is 1. The second-order valence-electron chi connectivity index (χ2n) is 2.24. The Bertz CT molecular complexity index is 312. The molecule has 1 rings (SSSR count). The minimum atomic E-state index is -0.0919. The number of nitroso groups, excluding NO2 is 2. The number of phenols is 1. The number of benzene rings is 1. The Morgan fingerprint density at radius 2 is 2.00 bits per heavy atom. The van der Waals surface area contributed by atoms with E-state index in [0.29, 0.717) is 5.56 Å². The lowest BCUT2D eigenvalue weighted by Gasteiger charge is -1.96. The van der Waals surface area contributed by atoms with Crippen molar-refractivity contribution < 1.29 is 5.11 Å². The lowest BCUT2D eigenvalue weighted by molar-refractivity contribution is 0.475. The van der Waals surface area contributed by atoms with Crippen LogP contribution in [0, 0.1) is 9.81 Å². The largest absolute Gasteiger partial charge is 0.508 e. The Morgan fingerprint density at radius 3 is 2.58 bits per heavy atom. The highest BCUT2D eigenvalue weighted by atomic mass is 16.3. The first-order valence-corrected chi connectivity index (χ1v) is 3.21. The van der Waals surface area contributed by atoms with E-state index in [-0.39, 0.29) is 18.0 Å². The topological polar surface area (TPSA) is 79.1 Å². The maximum atomic E-state index is 10.0. The fraction of sp³-hybridized carbons (Fsp3) is 0.143. The molecule has 1 aromatic carbocycles. The Hall–Kier alpha value is -1.78. The second kappa shape index (κ2) is 3.56. The van der Waals surface area contributed by atoms with Crippen molar-refractivity contribution in [3.63, 3.8) is 0 Å². The number of rotatable bonds is 3. The van der Waals surface area contributed by atoms with E-state index in [1.807, 2.05) is 0 Å². The summed E-state index contributed by atoms with van der Waals surface area (Å²) in [6.07, 6.45) is 0. The van der Waals surface area contributed by atoms with Gasteiger partial charge >= 0.3 is 0 Å². The van der Waals surface area contributed by atoms with Crippen LogP contribution >= 0.6 is 0 Å². The average Bonchev–Trinajstić information content (AvgIpc) is 2.04. The van der Waals surface area contributed by atoms with Gasteiger partial charge in [-0.3, -0.25) is 0 Å². The molecule has 0 spiro atoms. The van der Waals surface area contributed by atoms with Crippen LogP contribution in [0.1, 0.15) is 5.56 Å². The van der Waals surface area contributed by atoms with Crippen LogP contribution in [-0.2, 0) is 6.54 Å². The number of hydrogen-bond donors (Lipinski definition) is 1. The molecular formula is C7H6N2O3. The molecule has 0 aliphatic rings. The second-order valence-corrected chi connectivity index (χ2v) is 2.24. The van der Waals surface area contributed by atoms with Crippen LogP contribution in [-0.4, -0.2) is 5.11 Å². The van der Waals surface area contributed by atoms with Gasteiger partial charge in [0, 0.05) is 6.07 Å². The zero-order chi connectivity index (χ0) is 8.97. The molecule has 0 heterocycles. The van der Waals surface area contributed by atoms with Crippen LogP contribution in [0.25, 0.3) is 0 Å². The van der Waals surface area contributed by atoms with Gasteiger partial charge in [0.1, 0.15) is 18.0 Å². The maximum Gasteiger partial charge on any atom is 0.118 e. The van der Waals surface area contributed by atoms with E-state index < -0.39 is 0 Å². The van der Waals surface area contributed by atoms with Gasteiger partial charge in [-0.05, 0) is 22.9 Å². The van der Waals surface area contributed by atoms with E-state index in [2.05, 4.69) is 10.4 Å². The van der Waals surface area contributed by atoms with Crippen molar-refractivity contribution in [2.24, 2.45) is 10.4 Å². The Morgan fingerprint density at radius 1 is 1.25 bits per heavy atom. The van der Waals surface area contributed by atoms with Crippen molar-refractivity contribution in [1.82, 2.24) is 0 Å². The minimum Gasteiger partial charge on any atom is -0.508 e. The van der Waals surface area contributed by atoms with Crippen LogP contribution < -0.4 is 0 Å². The molecule has 0 radical (unpaired) electrons. The Balaban J connectivity index is 3.05. The molecule has 0 bridgehead atoms. The maximum absolute atomic E-state index is 10.0. The van der Waals surface area contributed by atoms with Crippen molar-refractivity contribution in [3.05, 3.63) is 33.6 Å². The van der Waals surface area contributed by atoms with Crippen molar-refractivity contribution >= 4 is 5.69 Å². The quantitative estimate of drug-likeness (QED) is 0.698. The molecule has 0 atom stereocenters. The molecule has 1 aromatic rings. The molecule has 0 unspecified atom stereocenters. The van der Waals surface area contributed by atoms with Crippen molar-refractivity contribution in [1.29, 1.82) is 0 Å². The van der Waals surface area contributed by atoms with E-state index in [4.69, 9.17) is 5.11 Å². The van der Waals surface area contributed by atoms with Gasteiger partial charge < -0.3 is 5.11 Å². The molecule has 62 valence electrons. The van der Waals surface area contributed by atoms with Crippen molar-refractivity contribution in [2.45, 2.75) is 6.54 Å². The predicted molar refractivity (Wildman–Crippen MR) is 43.1 cm³/mol. The van der Waals surface area contributed by atoms with E-state index in [0.717, 1.165) is 0 Å². The van der Waals surface area contributed by atoms with Gasteiger partial charge in [-0.15, -0.1) is 4.91 Å². The standard InChI is InChI=1S/C7H6N2O3/c10-7-2-5(4-8-11)1-6(3-7)9-12/h1-3,10H,4H2. The number of hydrogen-bond acceptors (Lipinski definition) is 5. The Labute approximate surface area is 68.0 Å². The van der Waals surface area contributed by atoms with Crippen LogP contribution in [0.15, 0.2) is 28.6 Å². The SMILES string of the molecule is O=NCc1cc(O)cc(N=O)c1. The summed E-state index contributed by atoms with van der Waals surface area (Å²) in [5.41, 5.74) is 0.563. The first-order chi connectivity index (χ1) is 5.76. The van der Waals surface area contributed by atoms with Crippen LogP contribution in [0.4, 0.5) is 5.69 Å². The van der Waals surface area contributed by atoms with Crippen LogP contribution in [0.5, 0.6) is 5.75 Å². The highest BCUT2D eigenvalue weighted by molar-refractivity contribution is 5.46. The molecule has 0 aliphatic carbocycles. The number of nitrogens with zero attached hydrogens (tertiary/aromatic N) is 2. The minimum absolute atomic E-state index is 0.0725. The lowest BCUT2D eigenvalue weighted by atomic mass is 10.2. The monoisotopic (exact) mass is 166 g/mol. The summed E-state index contributed by atoms with van der Waals surface area (Å²) in [5.74, 6) is -0.0919. The summed E-state index contributed by atoms with van der Waals surface area (Å²) < 4.78 is 0. The molecular weight excluding hydrogens is 160 g/mol. The van der Waals surface area contributed by atoms with Gasteiger partial charge in [-0.2, -0.15) is 4.91 Å². The van der Waals surface area contributed by atoms with Gasteiger partial charge in [0.2, 0.25) is 0 Å². The van der Waals surface area contributed by atoms with Crippen molar-refractivity contribution in [3.8, 4) is 5.75 Å². The van der Waals surface area contributed by atoms with Gasteiger partial charge in [0.15, 0.2) is 0 Å². The molecule has 0 aromatic heterocycles. The fourth-order valence-electron chi connectivity index (χ4n) is 0.875. The molecule has 12 heavy (non-hydrogen) atoms. The Kier molecular flexibility index (Phi) is 2.47. The van der Waals surface area contributed by atoms with E-state index in [1.54, 1.807) is 0 Å². The molecule has 0 amide bonds. The molecule has 1 N–H and O–H groups in total. The summed E-state index contributed by atoms with van der Waals surface area (Å²) in [6.45, 7) is -0.0725. The lowest BCUT2D eigenvalue weighted by Crippen LogP contribution is -1.79. The third-order valence-electron chi connectivity index (χ3n) is 1.31. The highest BCUT2D eigenvalue weighted by Crippen LogP contribution is 2.22. The smallest absolute Gasteiger partial charge is 0.118 e. The van der Waals surface area contributed by atoms with Crippen LogP contribution in [0.3, 0.4) is 0 Å². The number of aromatic hydroxyl groups is 1. The third-order valence-corrected chi connectivity index (χ3v) is 1.31. The van der Waals surface area contributed by atoms with Crippen molar-refractivity contribution in [2.75, 3.05) is 0 Å². The average molecular weight is 166 g/mol. The van der Waals surface area contributed by atoms with Gasteiger partial charge in [-0.1, -0.05) is 5.18 Å². The predicted octanol–water partition coefficient (Wildman–Crippen LogP) is 2.06. The van der Waals surface area contributed by atoms with E-state index in [1.165, 1.54) is 18.2 Å². The van der Waals surface area contributed by atoms with Gasteiger partial charge in [0.25, 0.3) is 0 Å². The van der Waals surface area contributed by atoms with Gasteiger partial charge in [-0.25, -0.2) is 0 Å². The summed E-state index contributed by atoms with van der Waals surface area (Å²) in [5, 5.41) is 14.2. The normalized spacial score (nSPS) is 9.33. The molecule has 0 aliphatic heterocycles. The van der Waals surface area contributed by atoms with E-state index in [9.17, 15) is 9.81 Å². The first kappa shape index (κ1) is 8.32. The molecule has 5 heteroatoms. The van der Waals surface area contributed by atoms with E-state index >= 15 is 0 Å². The zero-order valence-electron chi connectivity index (χ0n) is 6.10. The first-order valence-electron chi connectivity index (χ1n) is 3.21. The molecule has 0 fully saturated rings. The summed E-state index contributed by atoms with van der Waals surface area (Å²) in [4.78, 5) is 19.9. The molecule has 0 saturated carbocycles. The zero-order valence-corrected chi connectivity index (χ0v) is 6.10. The molecule has 5 nitrogen and oxygen atoms in total. The summed E-state index contributed by atoms with van der Waals surface area (Å²) in [7, 11) is 0. The van der Waals surface area contributed by atoms with Crippen LogP contribution in [0.2, 0.25) is 0 Å². The van der Waals surface area contributed by atoms with Gasteiger partial charge in [0.05, 0.1) is 0 Å².